The van der Waals surface area contributed by atoms with Crippen molar-refractivity contribution in [1.29, 1.82) is 0 Å². The van der Waals surface area contributed by atoms with Crippen molar-refractivity contribution in [1.82, 2.24) is 0 Å². The smallest absolute Gasteiger partial charge is 0.163 e. The molecule has 1 aromatic rings. The summed E-state index contributed by atoms with van der Waals surface area (Å²) in [6.07, 6.45) is 5.20. The van der Waals surface area contributed by atoms with Crippen LogP contribution in [0.15, 0.2) is 18.2 Å². The molecule has 2 rings (SSSR count). The van der Waals surface area contributed by atoms with E-state index in [1.807, 2.05) is 19.1 Å². The molecule has 2 unspecified atom stereocenters. The Balaban J connectivity index is 2.02. The van der Waals surface area contributed by atoms with Gasteiger partial charge in [0.2, 0.25) is 0 Å². The number of rotatable bonds is 6. The van der Waals surface area contributed by atoms with E-state index >= 15 is 0 Å². The summed E-state index contributed by atoms with van der Waals surface area (Å²) in [6.45, 7) is 4.93. The fraction of sp³-hybridized carbons (Fsp3) is 0.625. The van der Waals surface area contributed by atoms with Gasteiger partial charge in [0.05, 0.1) is 13.7 Å². The number of methoxy groups -OCH3 is 1. The molecule has 3 heteroatoms. The first-order valence-corrected chi connectivity index (χ1v) is 7.34. The third kappa shape index (κ3) is 3.55. The Bertz CT molecular complexity index is 406. The summed E-state index contributed by atoms with van der Waals surface area (Å²) in [5.41, 5.74) is 1.13. The number of nitrogens with one attached hydrogen (secondary N) is 1. The molecule has 1 aromatic carbocycles. The van der Waals surface area contributed by atoms with Gasteiger partial charge in [-0.25, -0.2) is 0 Å². The lowest BCUT2D eigenvalue weighted by molar-refractivity contribution is 0.311. The van der Waals surface area contributed by atoms with Crippen LogP contribution in [0.2, 0.25) is 0 Å². The highest BCUT2D eigenvalue weighted by atomic mass is 16.5. The van der Waals surface area contributed by atoms with Crippen LogP contribution < -0.4 is 14.8 Å². The number of hydrogen-bond donors (Lipinski definition) is 1. The van der Waals surface area contributed by atoms with Crippen molar-refractivity contribution in [2.75, 3.05) is 19.0 Å². The van der Waals surface area contributed by atoms with Gasteiger partial charge in [-0.1, -0.05) is 13.3 Å². The van der Waals surface area contributed by atoms with E-state index in [0.29, 0.717) is 12.6 Å². The van der Waals surface area contributed by atoms with Crippen LogP contribution in [0.1, 0.15) is 39.5 Å². The van der Waals surface area contributed by atoms with E-state index in [1.165, 1.54) is 25.7 Å². The van der Waals surface area contributed by atoms with E-state index in [4.69, 9.17) is 9.47 Å². The molecular weight excluding hydrogens is 238 g/mol. The van der Waals surface area contributed by atoms with E-state index in [9.17, 15) is 0 Å². The predicted octanol–water partition coefficient (Wildman–Crippen LogP) is 4.08. The Morgan fingerprint density at radius 1 is 1.21 bits per heavy atom. The zero-order valence-corrected chi connectivity index (χ0v) is 12.2. The molecule has 0 aromatic heterocycles. The summed E-state index contributed by atoms with van der Waals surface area (Å²) in [5, 5.41) is 3.62. The van der Waals surface area contributed by atoms with Crippen molar-refractivity contribution in [3.05, 3.63) is 18.2 Å². The van der Waals surface area contributed by atoms with E-state index in [0.717, 1.165) is 23.1 Å². The fourth-order valence-electron chi connectivity index (χ4n) is 2.85. The van der Waals surface area contributed by atoms with Gasteiger partial charge in [-0.05, 0) is 44.2 Å². The Morgan fingerprint density at radius 3 is 2.68 bits per heavy atom. The van der Waals surface area contributed by atoms with Gasteiger partial charge < -0.3 is 14.8 Å². The number of hydrogen-bond acceptors (Lipinski definition) is 3. The van der Waals surface area contributed by atoms with Crippen molar-refractivity contribution >= 4 is 5.69 Å². The first-order valence-electron chi connectivity index (χ1n) is 7.34. The van der Waals surface area contributed by atoms with Gasteiger partial charge in [0.25, 0.3) is 0 Å². The molecule has 106 valence electrons. The second-order valence-electron chi connectivity index (χ2n) is 5.23. The molecule has 0 radical (unpaired) electrons. The predicted molar refractivity (Wildman–Crippen MR) is 79.2 cm³/mol. The van der Waals surface area contributed by atoms with Crippen LogP contribution >= 0.6 is 0 Å². The van der Waals surface area contributed by atoms with Gasteiger partial charge in [-0.2, -0.15) is 0 Å². The Kier molecular flexibility index (Phi) is 4.94. The average Bonchev–Trinajstić information content (AvgIpc) is 2.87. The summed E-state index contributed by atoms with van der Waals surface area (Å²) in [6, 6.07) is 6.69. The van der Waals surface area contributed by atoms with Gasteiger partial charge in [0, 0.05) is 17.8 Å². The van der Waals surface area contributed by atoms with Gasteiger partial charge in [0.1, 0.15) is 0 Å². The number of benzene rings is 1. The second-order valence-corrected chi connectivity index (χ2v) is 5.23. The van der Waals surface area contributed by atoms with Gasteiger partial charge in [-0.3, -0.25) is 0 Å². The molecule has 3 nitrogen and oxygen atoms in total. The fourth-order valence-corrected chi connectivity index (χ4v) is 2.85. The van der Waals surface area contributed by atoms with E-state index in [1.54, 1.807) is 7.11 Å². The molecule has 1 fully saturated rings. The van der Waals surface area contributed by atoms with Gasteiger partial charge in [-0.15, -0.1) is 0 Å². The van der Waals surface area contributed by atoms with Crippen molar-refractivity contribution in [2.45, 2.75) is 45.6 Å². The summed E-state index contributed by atoms with van der Waals surface area (Å²) in [4.78, 5) is 0. The van der Waals surface area contributed by atoms with Crippen LogP contribution in [-0.4, -0.2) is 19.8 Å². The number of anilines is 1. The molecule has 2 atom stereocenters. The molecule has 1 aliphatic rings. The Morgan fingerprint density at radius 2 is 2.05 bits per heavy atom. The first-order chi connectivity index (χ1) is 9.26. The standard InChI is InChI=1S/C16H25NO2/c1-4-12-6-7-13(10-12)17-14-8-9-15(18-3)16(11-14)19-5-2/h8-9,11-13,17H,4-7,10H2,1-3H3. The SMILES string of the molecule is CCOc1cc(NC2CCC(CC)C2)ccc1OC. The van der Waals surface area contributed by atoms with Gasteiger partial charge >= 0.3 is 0 Å². The molecular formula is C16H25NO2. The highest BCUT2D eigenvalue weighted by molar-refractivity contribution is 5.55. The third-order valence-corrected chi connectivity index (χ3v) is 3.95. The first kappa shape index (κ1) is 14.0. The van der Waals surface area contributed by atoms with Gasteiger partial charge in [0.15, 0.2) is 11.5 Å². The highest BCUT2D eigenvalue weighted by Crippen LogP contribution is 2.33. The normalized spacial score (nSPS) is 22.3. The maximum atomic E-state index is 5.61. The van der Waals surface area contributed by atoms with Crippen molar-refractivity contribution < 1.29 is 9.47 Å². The minimum atomic E-state index is 0.604. The molecule has 0 heterocycles. The Hall–Kier alpha value is -1.38. The van der Waals surface area contributed by atoms with Crippen LogP contribution in [-0.2, 0) is 0 Å². The zero-order chi connectivity index (χ0) is 13.7. The molecule has 1 saturated carbocycles. The zero-order valence-electron chi connectivity index (χ0n) is 12.2. The Labute approximate surface area is 116 Å². The van der Waals surface area contributed by atoms with Crippen LogP contribution in [0.3, 0.4) is 0 Å². The summed E-state index contributed by atoms with van der Waals surface area (Å²) >= 11 is 0. The lowest BCUT2D eigenvalue weighted by atomic mass is 10.1. The van der Waals surface area contributed by atoms with E-state index in [2.05, 4.69) is 18.3 Å². The van der Waals surface area contributed by atoms with Crippen LogP contribution in [0.5, 0.6) is 11.5 Å². The minimum Gasteiger partial charge on any atom is -0.493 e. The molecule has 0 spiro atoms. The highest BCUT2D eigenvalue weighted by Gasteiger charge is 2.23. The topological polar surface area (TPSA) is 30.5 Å². The van der Waals surface area contributed by atoms with E-state index in [-0.39, 0.29) is 0 Å². The monoisotopic (exact) mass is 263 g/mol. The quantitative estimate of drug-likeness (QED) is 0.838. The lowest BCUT2D eigenvalue weighted by Gasteiger charge is -2.16. The molecule has 19 heavy (non-hydrogen) atoms. The number of ether oxygens (including phenoxy) is 2. The van der Waals surface area contributed by atoms with Crippen molar-refractivity contribution in [3.8, 4) is 11.5 Å². The molecule has 1 N–H and O–H groups in total. The van der Waals surface area contributed by atoms with Crippen LogP contribution in [0, 0.1) is 5.92 Å². The maximum Gasteiger partial charge on any atom is 0.163 e. The summed E-state index contributed by atoms with van der Waals surface area (Å²) in [7, 11) is 1.67. The summed E-state index contributed by atoms with van der Waals surface area (Å²) < 4.78 is 10.9. The molecule has 0 bridgehead atoms. The van der Waals surface area contributed by atoms with Crippen LogP contribution in [0.25, 0.3) is 0 Å². The van der Waals surface area contributed by atoms with Crippen LogP contribution in [0.4, 0.5) is 5.69 Å². The van der Waals surface area contributed by atoms with Crippen molar-refractivity contribution in [2.24, 2.45) is 5.92 Å². The summed E-state index contributed by atoms with van der Waals surface area (Å²) in [5.74, 6) is 2.51. The maximum absolute atomic E-state index is 5.61. The second kappa shape index (κ2) is 6.69. The lowest BCUT2D eigenvalue weighted by Crippen LogP contribution is -2.15. The minimum absolute atomic E-state index is 0.604. The van der Waals surface area contributed by atoms with Crippen molar-refractivity contribution in [3.63, 3.8) is 0 Å². The molecule has 1 aliphatic carbocycles. The molecule has 0 aliphatic heterocycles. The van der Waals surface area contributed by atoms with E-state index < -0.39 is 0 Å². The largest absolute Gasteiger partial charge is 0.493 e. The molecule has 0 saturated heterocycles. The average molecular weight is 263 g/mol. The third-order valence-electron chi connectivity index (χ3n) is 3.95. The molecule has 0 amide bonds.